The average Bonchev–Trinajstić information content (AvgIpc) is 3.04. The number of hydrogen-bond donors (Lipinski definition) is 2. The maximum atomic E-state index is 11.8. The number of carbonyl (C=O) groups is 2. The average molecular weight is 353 g/mol. The second kappa shape index (κ2) is 8.64. The minimum absolute atomic E-state index is 0.141. The van der Waals surface area contributed by atoms with Gasteiger partial charge in [0, 0.05) is 10.7 Å². The molecule has 122 valence electrons. The summed E-state index contributed by atoms with van der Waals surface area (Å²) in [7, 11) is 0. The maximum Gasteiger partial charge on any atom is 0.234 e. The summed E-state index contributed by atoms with van der Waals surface area (Å²) in [5.41, 5.74) is 0.677. The lowest BCUT2D eigenvalue weighted by Crippen LogP contribution is -2.28. The van der Waals surface area contributed by atoms with E-state index in [1.807, 2.05) is 6.92 Å². The molecule has 2 aromatic rings. The van der Waals surface area contributed by atoms with Crippen LogP contribution in [0.15, 0.2) is 47.1 Å². The Labute approximate surface area is 143 Å². The highest BCUT2D eigenvalue weighted by molar-refractivity contribution is 8.00. The van der Waals surface area contributed by atoms with Crippen LogP contribution in [0.3, 0.4) is 0 Å². The predicted octanol–water partition coefficient (Wildman–Crippen LogP) is 3.48. The van der Waals surface area contributed by atoms with E-state index in [0.29, 0.717) is 16.5 Å². The molecule has 0 radical (unpaired) electrons. The Morgan fingerprint density at radius 2 is 1.87 bits per heavy atom. The molecule has 0 fully saturated rings. The molecule has 0 saturated carbocycles. The number of benzene rings is 1. The predicted molar refractivity (Wildman–Crippen MR) is 92.7 cm³/mol. The molecular formula is C16H17ClN2O3S. The summed E-state index contributed by atoms with van der Waals surface area (Å²) in [4.78, 5) is 23.6. The van der Waals surface area contributed by atoms with Crippen LogP contribution in [0.4, 0.5) is 5.69 Å². The number of nitrogens with one attached hydrogen (secondary N) is 2. The first-order valence-electron chi connectivity index (χ1n) is 7.00. The SMILES string of the molecule is C[C@@H](NC(=O)CSCC(=O)Nc1ccc(Cl)cc1)c1ccco1. The summed E-state index contributed by atoms with van der Waals surface area (Å²) in [5, 5.41) is 6.16. The zero-order valence-electron chi connectivity index (χ0n) is 12.5. The second-order valence-corrected chi connectivity index (χ2v) is 6.27. The van der Waals surface area contributed by atoms with E-state index in [9.17, 15) is 9.59 Å². The van der Waals surface area contributed by atoms with Crippen molar-refractivity contribution in [1.82, 2.24) is 5.32 Å². The number of amides is 2. The number of rotatable bonds is 7. The lowest BCUT2D eigenvalue weighted by molar-refractivity contribution is -0.119. The number of furan rings is 1. The van der Waals surface area contributed by atoms with E-state index in [1.165, 1.54) is 11.8 Å². The van der Waals surface area contributed by atoms with Gasteiger partial charge in [0.05, 0.1) is 23.8 Å². The third-order valence-electron chi connectivity index (χ3n) is 2.94. The monoisotopic (exact) mass is 352 g/mol. The van der Waals surface area contributed by atoms with Crippen molar-refractivity contribution in [2.75, 3.05) is 16.8 Å². The molecule has 0 aliphatic heterocycles. The molecule has 7 heteroatoms. The molecule has 1 heterocycles. The fourth-order valence-corrected chi connectivity index (χ4v) is 2.61. The highest BCUT2D eigenvalue weighted by Crippen LogP contribution is 2.14. The van der Waals surface area contributed by atoms with Gasteiger partial charge in [-0.2, -0.15) is 0 Å². The molecule has 0 spiro atoms. The zero-order valence-corrected chi connectivity index (χ0v) is 14.1. The van der Waals surface area contributed by atoms with Gasteiger partial charge in [0.15, 0.2) is 0 Å². The van der Waals surface area contributed by atoms with Gasteiger partial charge in [-0.1, -0.05) is 11.6 Å². The van der Waals surface area contributed by atoms with Crippen LogP contribution in [0.5, 0.6) is 0 Å². The van der Waals surface area contributed by atoms with Gasteiger partial charge in [0.1, 0.15) is 5.76 Å². The lowest BCUT2D eigenvalue weighted by Gasteiger charge is -2.11. The number of carbonyl (C=O) groups excluding carboxylic acids is 2. The Morgan fingerprint density at radius 3 is 2.52 bits per heavy atom. The number of thioether (sulfide) groups is 1. The van der Waals surface area contributed by atoms with Crippen molar-refractivity contribution >= 4 is 40.9 Å². The Hall–Kier alpha value is -1.92. The lowest BCUT2D eigenvalue weighted by atomic mass is 10.2. The Balaban J connectivity index is 1.66. The molecular weight excluding hydrogens is 336 g/mol. The Morgan fingerprint density at radius 1 is 1.17 bits per heavy atom. The van der Waals surface area contributed by atoms with E-state index < -0.39 is 0 Å². The minimum Gasteiger partial charge on any atom is -0.467 e. The first kappa shape index (κ1) is 17.4. The van der Waals surface area contributed by atoms with Crippen molar-refractivity contribution in [3.63, 3.8) is 0 Å². The fraction of sp³-hybridized carbons (Fsp3) is 0.250. The van der Waals surface area contributed by atoms with Crippen LogP contribution < -0.4 is 10.6 Å². The van der Waals surface area contributed by atoms with Crippen molar-refractivity contribution in [1.29, 1.82) is 0 Å². The molecule has 0 aliphatic carbocycles. The molecule has 2 N–H and O–H groups in total. The van der Waals surface area contributed by atoms with Crippen LogP contribution in [0.25, 0.3) is 0 Å². The smallest absolute Gasteiger partial charge is 0.234 e. The maximum absolute atomic E-state index is 11.8. The summed E-state index contributed by atoms with van der Waals surface area (Å²) in [6.45, 7) is 1.84. The van der Waals surface area contributed by atoms with E-state index in [0.717, 1.165) is 0 Å². The third kappa shape index (κ3) is 6.00. The standard InChI is InChI=1S/C16H17ClN2O3S/c1-11(14-3-2-8-22-14)18-15(20)9-23-10-16(21)19-13-6-4-12(17)5-7-13/h2-8,11H,9-10H2,1H3,(H,18,20)(H,19,21)/t11-/m1/s1. The van der Waals surface area contributed by atoms with Crippen molar-refractivity contribution < 1.29 is 14.0 Å². The van der Waals surface area contributed by atoms with Crippen LogP contribution >= 0.6 is 23.4 Å². The van der Waals surface area contributed by atoms with E-state index in [-0.39, 0.29) is 29.4 Å². The van der Waals surface area contributed by atoms with Gasteiger partial charge >= 0.3 is 0 Å². The van der Waals surface area contributed by atoms with Crippen molar-refractivity contribution in [3.8, 4) is 0 Å². The van der Waals surface area contributed by atoms with Crippen LogP contribution in [-0.2, 0) is 9.59 Å². The van der Waals surface area contributed by atoms with Gasteiger partial charge in [-0.15, -0.1) is 11.8 Å². The van der Waals surface area contributed by atoms with Gasteiger partial charge in [-0.3, -0.25) is 9.59 Å². The Kier molecular flexibility index (Phi) is 6.55. The van der Waals surface area contributed by atoms with Gasteiger partial charge < -0.3 is 15.1 Å². The summed E-state index contributed by atoms with van der Waals surface area (Å²) in [6.07, 6.45) is 1.56. The molecule has 0 saturated heterocycles. The van der Waals surface area contributed by atoms with Gasteiger partial charge in [0.25, 0.3) is 0 Å². The third-order valence-corrected chi connectivity index (χ3v) is 4.13. The fourth-order valence-electron chi connectivity index (χ4n) is 1.86. The van der Waals surface area contributed by atoms with E-state index in [4.69, 9.17) is 16.0 Å². The molecule has 5 nitrogen and oxygen atoms in total. The summed E-state index contributed by atoms with van der Waals surface area (Å²) in [6, 6.07) is 10.2. The van der Waals surface area contributed by atoms with Crippen LogP contribution in [-0.4, -0.2) is 23.3 Å². The molecule has 1 aromatic carbocycles. The number of halogens is 1. The summed E-state index contributed by atoms with van der Waals surface area (Å²) >= 11 is 7.03. The quantitative estimate of drug-likeness (QED) is 0.800. The van der Waals surface area contributed by atoms with E-state index in [1.54, 1.807) is 42.7 Å². The first-order chi connectivity index (χ1) is 11.0. The second-order valence-electron chi connectivity index (χ2n) is 4.85. The topological polar surface area (TPSA) is 71.3 Å². The molecule has 0 bridgehead atoms. The molecule has 1 aromatic heterocycles. The molecule has 1 atom stereocenters. The van der Waals surface area contributed by atoms with E-state index in [2.05, 4.69) is 10.6 Å². The first-order valence-corrected chi connectivity index (χ1v) is 8.54. The molecule has 2 rings (SSSR count). The van der Waals surface area contributed by atoms with Crippen LogP contribution in [0, 0.1) is 0 Å². The normalized spacial score (nSPS) is 11.7. The Bertz CT molecular complexity index is 644. The van der Waals surface area contributed by atoms with Crippen molar-refractivity contribution in [2.24, 2.45) is 0 Å². The highest BCUT2D eigenvalue weighted by atomic mass is 35.5. The largest absolute Gasteiger partial charge is 0.467 e. The van der Waals surface area contributed by atoms with Gasteiger partial charge in [-0.25, -0.2) is 0 Å². The molecule has 0 aliphatic rings. The van der Waals surface area contributed by atoms with Gasteiger partial charge in [-0.05, 0) is 43.3 Å². The van der Waals surface area contributed by atoms with Crippen molar-refractivity contribution in [3.05, 3.63) is 53.4 Å². The minimum atomic E-state index is -0.194. The van der Waals surface area contributed by atoms with Gasteiger partial charge in [0.2, 0.25) is 11.8 Å². The number of anilines is 1. The van der Waals surface area contributed by atoms with E-state index >= 15 is 0 Å². The van der Waals surface area contributed by atoms with Crippen LogP contribution in [0.2, 0.25) is 5.02 Å². The van der Waals surface area contributed by atoms with Crippen molar-refractivity contribution in [2.45, 2.75) is 13.0 Å². The zero-order chi connectivity index (χ0) is 16.7. The summed E-state index contributed by atoms with van der Waals surface area (Å²) < 4.78 is 5.22. The molecule has 2 amide bonds. The van der Waals surface area contributed by atoms with Crippen LogP contribution in [0.1, 0.15) is 18.7 Å². The number of hydrogen-bond acceptors (Lipinski definition) is 4. The summed E-state index contributed by atoms with van der Waals surface area (Å²) in [5.74, 6) is 0.802. The highest BCUT2D eigenvalue weighted by Gasteiger charge is 2.12. The molecule has 0 unspecified atom stereocenters. The molecule has 23 heavy (non-hydrogen) atoms.